The van der Waals surface area contributed by atoms with Crippen LogP contribution in [0.25, 0.3) is 11.3 Å². The molecule has 1 heterocycles. The average Bonchev–Trinajstić information content (AvgIpc) is 2.75. The minimum Gasteiger partial charge on any atom is -0.507 e. The summed E-state index contributed by atoms with van der Waals surface area (Å²) >= 11 is 1.55. The van der Waals surface area contributed by atoms with E-state index in [0.717, 1.165) is 16.0 Å². The second-order valence-electron chi connectivity index (χ2n) is 6.67. The van der Waals surface area contributed by atoms with Crippen molar-refractivity contribution in [3.8, 4) is 17.1 Å². The van der Waals surface area contributed by atoms with Crippen molar-refractivity contribution in [3.05, 3.63) is 119 Å². The Balaban J connectivity index is 1.74. The molecule has 1 atom stereocenters. The van der Waals surface area contributed by atoms with E-state index in [-0.39, 0.29) is 11.0 Å². The summed E-state index contributed by atoms with van der Waals surface area (Å²) in [6, 6.07) is 30.7. The fraction of sp³-hybridized carbons (Fsp3) is 0.0800. The Kier molecular flexibility index (Phi) is 5.82. The normalized spacial score (nSPS) is 11.9. The van der Waals surface area contributed by atoms with E-state index in [2.05, 4.69) is 0 Å². The van der Waals surface area contributed by atoms with Gasteiger partial charge in [0.05, 0.1) is 5.56 Å². The van der Waals surface area contributed by atoms with Gasteiger partial charge >= 0.3 is 5.63 Å². The zero-order chi connectivity index (χ0) is 20.1. The zero-order valence-corrected chi connectivity index (χ0v) is 16.5. The highest BCUT2D eigenvalue weighted by molar-refractivity contribution is 7.99. The van der Waals surface area contributed by atoms with Gasteiger partial charge in [0.2, 0.25) is 0 Å². The monoisotopic (exact) mass is 400 g/mol. The molecule has 1 unspecified atom stereocenters. The molecule has 1 aromatic heterocycles. The van der Waals surface area contributed by atoms with Gasteiger partial charge in [0, 0.05) is 21.8 Å². The first kappa shape index (κ1) is 19.1. The molecule has 29 heavy (non-hydrogen) atoms. The van der Waals surface area contributed by atoms with Crippen LogP contribution in [-0.4, -0.2) is 5.11 Å². The predicted molar refractivity (Wildman–Crippen MR) is 117 cm³/mol. The number of thioether (sulfide) groups is 1. The molecule has 0 aliphatic rings. The van der Waals surface area contributed by atoms with Crippen LogP contribution < -0.4 is 5.63 Å². The second-order valence-corrected chi connectivity index (χ2v) is 7.95. The van der Waals surface area contributed by atoms with Gasteiger partial charge in [-0.2, -0.15) is 0 Å². The van der Waals surface area contributed by atoms with Crippen LogP contribution in [0.3, 0.4) is 0 Å². The van der Waals surface area contributed by atoms with E-state index in [1.807, 2.05) is 91.0 Å². The number of hydrogen-bond acceptors (Lipinski definition) is 4. The highest BCUT2D eigenvalue weighted by Gasteiger charge is 2.24. The first-order chi connectivity index (χ1) is 14.2. The van der Waals surface area contributed by atoms with Gasteiger partial charge in [-0.1, -0.05) is 78.9 Å². The van der Waals surface area contributed by atoms with Crippen molar-refractivity contribution in [3.63, 3.8) is 0 Å². The Labute approximate surface area is 173 Å². The molecule has 0 saturated heterocycles. The second kappa shape index (κ2) is 8.84. The molecule has 0 radical (unpaired) electrons. The molecule has 0 aliphatic heterocycles. The van der Waals surface area contributed by atoms with Crippen molar-refractivity contribution in [2.75, 3.05) is 0 Å². The Hall–Kier alpha value is -3.24. The summed E-state index contributed by atoms with van der Waals surface area (Å²) in [4.78, 5) is 13.9. The van der Waals surface area contributed by atoms with Crippen molar-refractivity contribution < 1.29 is 9.52 Å². The van der Waals surface area contributed by atoms with Gasteiger partial charge in [-0.25, -0.2) is 4.79 Å². The smallest absolute Gasteiger partial charge is 0.344 e. The van der Waals surface area contributed by atoms with Crippen LogP contribution >= 0.6 is 11.8 Å². The van der Waals surface area contributed by atoms with Crippen LogP contribution in [-0.2, 0) is 6.42 Å². The van der Waals surface area contributed by atoms with E-state index in [1.54, 1.807) is 11.8 Å². The van der Waals surface area contributed by atoms with Crippen LogP contribution in [0.2, 0.25) is 0 Å². The topological polar surface area (TPSA) is 50.4 Å². The molecular formula is C25H20O3S. The maximum absolute atomic E-state index is 12.9. The van der Waals surface area contributed by atoms with E-state index in [9.17, 15) is 9.90 Å². The van der Waals surface area contributed by atoms with E-state index in [4.69, 9.17) is 4.42 Å². The Morgan fingerprint density at radius 2 is 1.41 bits per heavy atom. The van der Waals surface area contributed by atoms with Crippen LogP contribution in [0.15, 0.2) is 111 Å². The summed E-state index contributed by atoms with van der Waals surface area (Å²) in [7, 11) is 0. The summed E-state index contributed by atoms with van der Waals surface area (Å²) < 4.78 is 5.60. The van der Waals surface area contributed by atoms with Crippen molar-refractivity contribution in [1.29, 1.82) is 0 Å². The third-order valence-electron chi connectivity index (χ3n) is 4.63. The van der Waals surface area contributed by atoms with E-state index in [0.29, 0.717) is 17.7 Å². The number of hydrogen-bond donors (Lipinski definition) is 1. The Morgan fingerprint density at radius 1 is 0.828 bits per heavy atom. The fourth-order valence-corrected chi connectivity index (χ4v) is 4.48. The standard InChI is InChI=1S/C25H20O3S/c26-21-17-22(19-12-6-2-7-13-19)28-25(27)24(21)23(16-18-10-4-1-5-11-18)29-20-14-8-3-9-15-20/h1-15,17,23,26H,16H2. The molecule has 4 aromatic rings. The number of benzene rings is 3. The van der Waals surface area contributed by atoms with Gasteiger partial charge in [0.25, 0.3) is 0 Å². The minimum absolute atomic E-state index is 0.0375. The summed E-state index contributed by atoms with van der Waals surface area (Å²) in [6.45, 7) is 0. The number of aromatic hydroxyl groups is 1. The zero-order valence-electron chi connectivity index (χ0n) is 15.7. The van der Waals surface area contributed by atoms with Crippen LogP contribution in [0.4, 0.5) is 0 Å². The van der Waals surface area contributed by atoms with E-state index >= 15 is 0 Å². The lowest BCUT2D eigenvalue weighted by Crippen LogP contribution is -2.13. The molecule has 0 aliphatic carbocycles. The van der Waals surface area contributed by atoms with Crippen molar-refractivity contribution in [2.24, 2.45) is 0 Å². The van der Waals surface area contributed by atoms with Crippen molar-refractivity contribution >= 4 is 11.8 Å². The van der Waals surface area contributed by atoms with Crippen LogP contribution in [0.1, 0.15) is 16.4 Å². The lowest BCUT2D eigenvalue weighted by atomic mass is 10.0. The van der Waals surface area contributed by atoms with Gasteiger partial charge in [0.1, 0.15) is 11.5 Å². The average molecular weight is 400 g/mol. The number of rotatable bonds is 6. The highest BCUT2D eigenvalue weighted by Crippen LogP contribution is 2.40. The molecule has 1 N–H and O–H groups in total. The largest absolute Gasteiger partial charge is 0.507 e. The molecule has 0 saturated carbocycles. The maximum atomic E-state index is 12.9. The van der Waals surface area contributed by atoms with E-state index in [1.165, 1.54) is 6.07 Å². The highest BCUT2D eigenvalue weighted by atomic mass is 32.2. The lowest BCUT2D eigenvalue weighted by Gasteiger charge is -2.18. The van der Waals surface area contributed by atoms with Gasteiger partial charge in [-0.15, -0.1) is 11.8 Å². The minimum atomic E-state index is -0.506. The molecular weight excluding hydrogens is 380 g/mol. The summed E-state index contributed by atoms with van der Waals surface area (Å²) in [6.07, 6.45) is 0.601. The van der Waals surface area contributed by atoms with Crippen LogP contribution in [0.5, 0.6) is 5.75 Å². The Morgan fingerprint density at radius 3 is 2.03 bits per heavy atom. The summed E-state index contributed by atoms with van der Waals surface area (Å²) in [5.74, 6) is 0.324. The molecule has 3 aromatic carbocycles. The molecule has 0 bridgehead atoms. The SMILES string of the molecule is O=c1oc(-c2ccccc2)cc(O)c1C(Cc1ccccc1)Sc1ccccc1. The van der Waals surface area contributed by atoms with Crippen LogP contribution in [0, 0.1) is 0 Å². The fourth-order valence-electron chi connectivity index (χ4n) is 3.23. The third kappa shape index (κ3) is 4.61. The Bertz CT molecular complexity index is 1080. The van der Waals surface area contributed by atoms with Gasteiger partial charge in [-0.3, -0.25) is 0 Å². The van der Waals surface area contributed by atoms with Crippen molar-refractivity contribution in [1.82, 2.24) is 0 Å². The van der Waals surface area contributed by atoms with Gasteiger partial charge in [0.15, 0.2) is 0 Å². The first-order valence-corrected chi connectivity index (χ1v) is 10.3. The van der Waals surface area contributed by atoms with Crippen molar-refractivity contribution in [2.45, 2.75) is 16.6 Å². The maximum Gasteiger partial charge on any atom is 0.344 e. The molecule has 4 rings (SSSR count). The molecule has 0 amide bonds. The molecule has 0 spiro atoms. The molecule has 3 nitrogen and oxygen atoms in total. The molecule has 144 valence electrons. The summed E-state index contributed by atoms with van der Waals surface area (Å²) in [5.41, 5.74) is 1.63. The third-order valence-corrected chi connectivity index (χ3v) is 5.86. The molecule has 4 heteroatoms. The van der Waals surface area contributed by atoms with Gasteiger partial charge < -0.3 is 9.52 Å². The quantitative estimate of drug-likeness (QED) is 0.398. The van der Waals surface area contributed by atoms with E-state index < -0.39 is 5.63 Å². The summed E-state index contributed by atoms with van der Waals surface area (Å²) in [5, 5.41) is 10.5. The van der Waals surface area contributed by atoms with Gasteiger partial charge in [-0.05, 0) is 24.1 Å². The first-order valence-electron chi connectivity index (χ1n) is 9.39. The lowest BCUT2D eigenvalue weighted by molar-refractivity contribution is 0.439. The molecule has 0 fully saturated rings. The predicted octanol–water partition coefficient (Wildman–Crippen LogP) is 6.09.